The summed E-state index contributed by atoms with van der Waals surface area (Å²) in [6.45, 7) is 4.55. The zero-order valence-electron chi connectivity index (χ0n) is 11.8. The van der Waals surface area contributed by atoms with Crippen molar-refractivity contribution in [1.29, 1.82) is 0 Å². The molecule has 0 radical (unpaired) electrons. The number of amides is 1. The lowest BCUT2D eigenvalue weighted by Gasteiger charge is -2.30. The van der Waals surface area contributed by atoms with Crippen molar-refractivity contribution in [2.75, 3.05) is 39.3 Å². The lowest BCUT2D eigenvalue weighted by molar-refractivity contribution is -0.150. The van der Waals surface area contributed by atoms with Gasteiger partial charge in [0.2, 0.25) is 5.91 Å². The second kappa shape index (κ2) is 5.69. The Morgan fingerprint density at radius 2 is 1.95 bits per heavy atom. The number of likely N-dealkylation sites (tertiary alicyclic amines) is 1. The van der Waals surface area contributed by atoms with Crippen LogP contribution in [0.2, 0.25) is 0 Å². The third-order valence-electron chi connectivity index (χ3n) is 5.03. The van der Waals surface area contributed by atoms with E-state index in [0.29, 0.717) is 19.0 Å². The molecule has 1 saturated carbocycles. The van der Waals surface area contributed by atoms with Crippen LogP contribution in [0.4, 0.5) is 0 Å². The van der Waals surface area contributed by atoms with Crippen molar-refractivity contribution >= 4 is 11.9 Å². The first kappa shape index (κ1) is 13.8. The van der Waals surface area contributed by atoms with Gasteiger partial charge in [0.15, 0.2) is 0 Å². The maximum absolute atomic E-state index is 12.5. The van der Waals surface area contributed by atoms with E-state index < -0.39 is 12.0 Å². The molecule has 1 amide bonds. The van der Waals surface area contributed by atoms with Gasteiger partial charge in [-0.15, -0.1) is 0 Å². The minimum Gasteiger partial charge on any atom is -0.480 e. The van der Waals surface area contributed by atoms with Gasteiger partial charge in [-0.2, -0.15) is 0 Å². The van der Waals surface area contributed by atoms with Gasteiger partial charge >= 0.3 is 5.97 Å². The maximum atomic E-state index is 12.5. The highest BCUT2D eigenvalue weighted by Crippen LogP contribution is 2.42. The van der Waals surface area contributed by atoms with Crippen LogP contribution in [-0.4, -0.2) is 72.1 Å². The highest BCUT2D eigenvalue weighted by atomic mass is 16.4. The quantitative estimate of drug-likeness (QED) is 0.737. The van der Waals surface area contributed by atoms with Crippen LogP contribution in [0.3, 0.4) is 0 Å². The molecule has 3 atom stereocenters. The summed E-state index contributed by atoms with van der Waals surface area (Å²) in [5.41, 5.74) is 0. The van der Waals surface area contributed by atoms with Crippen LogP contribution in [0, 0.1) is 11.8 Å². The van der Waals surface area contributed by atoms with Gasteiger partial charge in [0, 0.05) is 32.7 Å². The molecular weight excluding hydrogens is 258 g/mol. The molecular formula is C14H23N3O3. The van der Waals surface area contributed by atoms with Crippen molar-refractivity contribution in [3.05, 3.63) is 0 Å². The molecule has 3 aliphatic rings. The molecule has 2 N–H and O–H groups in total. The van der Waals surface area contributed by atoms with Crippen molar-refractivity contribution < 1.29 is 14.7 Å². The maximum Gasteiger partial charge on any atom is 0.326 e. The molecule has 0 aromatic carbocycles. The smallest absolute Gasteiger partial charge is 0.326 e. The number of carbonyl (C=O) groups excluding carboxylic acids is 1. The van der Waals surface area contributed by atoms with Gasteiger partial charge in [-0.05, 0) is 24.7 Å². The minimum atomic E-state index is -0.826. The first-order valence-corrected chi connectivity index (χ1v) is 7.62. The molecule has 3 rings (SSSR count). The highest BCUT2D eigenvalue weighted by molar-refractivity contribution is 5.86. The summed E-state index contributed by atoms with van der Waals surface area (Å²) in [7, 11) is 0. The fourth-order valence-corrected chi connectivity index (χ4v) is 4.03. The summed E-state index contributed by atoms with van der Waals surface area (Å²) < 4.78 is 0. The average Bonchev–Trinajstić information content (AvgIpc) is 2.98. The predicted molar refractivity (Wildman–Crippen MR) is 73.3 cm³/mol. The van der Waals surface area contributed by atoms with Gasteiger partial charge < -0.3 is 15.3 Å². The van der Waals surface area contributed by atoms with E-state index in [9.17, 15) is 14.7 Å². The molecule has 6 nitrogen and oxygen atoms in total. The lowest BCUT2D eigenvalue weighted by Crippen LogP contribution is -2.51. The van der Waals surface area contributed by atoms with Gasteiger partial charge in [-0.3, -0.25) is 9.69 Å². The fraction of sp³-hybridized carbons (Fsp3) is 0.857. The van der Waals surface area contributed by atoms with Gasteiger partial charge in [-0.1, -0.05) is 6.42 Å². The molecule has 0 spiro atoms. The lowest BCUT2D eigenvalue weighted by atomic mass is 9.94. The molecule has 2 saturated heterocycles. The van der Waals surface area contributed by atoms with E-state index in [1.165, 1.54) is 0 Å². The van der Waals surface area contributed by atoms with E-state index in [1.807, 2.05) is 0 Å². The fourth-order valence-electron chi connectivity index (χ4n) is 4.03. The number of carbonyl (C=O) groups is 2. The highest BCUT2D eigenvalue weighted by Gasteiger charge is 2.49. The molecule has 2 aliphatic heterocycles. The number of nitrogens with one attached hydrogen (secondary N) is 1. The molecule has 0 bridgehead atoms. The number of carboxylic acid groups (broad SMARTS) is 1. The molecule has 1 aliphatic carbocycles. The molecule has 2 heterocycles. The Kier molecular flexibility index (Phi) is 3.94. The van der Waals surface area contributed by atoms with Gasteiger partial charge in [0.1, 0.15) is 6.04 Å². The summed E-state index contributed by atoms with van der Waals surface area (Å²) in [5.74, 6) is -0.246. The third-order valence-corrected chi connectivity index (χ3v) is 5.03. The number of nitrogens with zero attached hydrogens (tertiary/aromatic N) is 2. The Morgan fingerprint density at radius 1 is 1.20 bits per heavy atom. The van der Waals surface area contributed by atoms with Gasteiger partial charge in [0.25, 0.3) is 0 Å². The predicted octanol–water partition coefficient (Wildman–Crippen LogP) is -0.397. The van der Waals surface area contributed by atoms with Crippen molar-refractivity contribution in [1.82, 2.24) is 15.1 Å². The number of rotatable bonds is 3. The van der Waals surface area contributed by atoms with Crippen molar-refractivity contribution in [2.24, 2.45) is 11.8 Å². The van der Waals surface area contributed by atoms with E-state index in [2.05, 4.69) is 10.2 Å². The second-order valence-corrected chi connectivity index (χ2v) is 6.21. The van der Waals surface area contributed by atoms with Crippen molar-refractivity contribution in [3.8, 4) is 0 Å². The van der Waals surface area contributed by atoms with E-state index in [-0.39, 0.29) is 11.8 Å². The molecule has 0 aromatic heterocycles. The minimum absolute atomic E-state index is 0.00583. The van der Waals surface area contributed by atoms with Crippen molar-refractivity contribution in [2.45, 2.75) is 25.3 Å². The average molecular weight is 281 g/mol. The topological polar surface area (TPSA) is 72.9 Å². The Morgan fingerprint density at radius 3 is 2.65 bits per heavy atom. The Hall–Kier alpha value is -1.14. The van der Waals surface area contributed by atoms with Crippen LogP contribution in [0.25, 0.3) is 0 Å². The van der Waals surface area contributed by atoms with Crippen LogP contribution in [0.1, 0.15) is 19.3 Å². The summed E-state index contributed by atoms with van der Waals surface area (Å²) in [6, 6.07) is -0.585. The largest absolute Gasteiger partial charge is 0.480 e. The number of fused-ring (bicyclic) bond motifs is 1. The van der Waals surface area contributed by atoms with E-state index in [0.717, 1.165) is 45.4 Å². The summed E-state index contributed by atoms with van der Waals surface area (Å²) in [4.78, 5) is 27.7. The number of piperazine rings is 1. The van der Waals surface area contributed by atoms with Crippen LogP contribution in [0.5, 0.6) is 0 Å². The van der Waals surface area contributed by atoms with E-state index in [4.69, 9.17) is 0 Å². The van der Waals surface area contributed by atoms with Crippen LogP contribution in [-0.2, 0) is 9.59 Å². The number of hydrogen-bond donors (Lipinski definition) is 2. The third kappa shape index (κ3) is 2.54. The molecule has 3 unspecified atom stereocenters. The molecule has 0 aromatic rings. The van der Waals surface area contributed by atoms with Crippen molar-refractivity contribution in [3.63, 3.8) is 0 Å². The standard InChI is InChI=1S/C14H23N3O3/c18-12(9-16-6-4-15-5-7-16)17-8-10-2-1-3-11(10)13(17)14(19)20/h10-11,13,15H,1-9H2,(H,19,20). The van der Waals surface area contributed by atoms with E-state index >= 15 is 0 Å². The summed E-state index contributed by atoms with van der Waals surface area (Å²) in [6.07, 6.45) is 3.14. The Labute approximate surface area is 119 Å². The molecule has 6 heteroatoms. The monoisotopic (exact) mass is 281 g/mol. The van der Waals surface area contributed by atoms with Gasteiger partial charge in [-0.25, -0.2) is 4.79 Å². The molecule has 20 heavy (non-hydrogen) atoms. The SMILES string of the molecule is O=C(O)C1C2CCCC2CN1C(=O)CN1CCNCC1. The first-order chi connectivity index (χ1) is 9.66. The van der Waals surface area contributed by atoms with Crippen LogP contribution < -0.4 is 5.32 Å². The first-order valence-electron chi connectivity index (χ1n) is 7.62. The second-order valence-electron chi connectivity index (χ2n) is 6.21. The summed E-state index contributed by atoms with van der Waals surface area (Å²) in [5, 5.41) is 12.7. The number of hydrogen-bond acceptors (Lipinski definition) is 4. The van der Waals surface area contributed by atoms with E-state index in [1.54, 1.807) is 4.90 Å². The zero-order valence-corrected chi connectivity index (χ0v) is 11.8. The normalized spacial score (nSPS) is 34.2. The Balaban J connectivity index is 1.65. The zero-order chi connectivity index (χ0) is 14.1. The summed E-state index contributed by atoms with van der Waals surface area (Å²) >= 11 is 0. The van der Waals surface area contributed by atoms with Crippen LogP contribution >= 0.6 is 0 Å². The Bertz CT molecular complexity index is 395. The van der Waals surface area contributed by atoms with Gasteiger partial charge in [0.05, 0.1) is 6.54 Å². The molecule has 3 fully saturated rings. The molecule has 112 valence electrons. The van der Waals surface area contributed by atoms with Crippen LogP contribution in [0.15, 0.2) is 0 Å². The number of aliphatic carboxylic acids is 1. The number of carboxylic acids is 1.